The van der Waals surface area contributed by atoms with E-state index in [1.54, 1.807) is 0 Å². The molecule has 0 spiro atoms. The molecule has 1 aliphatic heterocycles. The van der Waals surface area contributed by atoms with Crippen molar-refractivity contribution in [3.05, 3.63) is 64.7 Å². The molecular weight excluding hydrogens is 354 g/mol. The number of aromatic nitrogens is 2. The van der Waals surface area contributed by atoms with Crippen molar-refractivity contribution in [2.24, 2.45) is 0 Å². The number of carbonyl (C=O) groups is 1. The fourth-order valence-corrected chi connectivity index (χ4v) is 3.71. The van der Waals surface area contributed by atoms with Gasteiger partial charge in [0.15, 0.2) is 0 Å². The predicted octanol–water partition coefficient (Wildman–Crippen LogP) is 3.23. The molecule has 1 saturated heterocycles. The molecule has 0 radical (unpaired) electrons. The molecule has 1 aromatic heterocycles. The Morgan fingerprint density at radius 2 is 2.00 bits per heavy atom. The number of aromatic amines is 1. The van der Waals surface area contributed by atoms with E-state index in [0.717, 1.165) is 24.0 Å². The van der Waals surface area contributed by atoms with Gasteiger partial charge >= 0.3 is 0 Å². The molecule has 1 aliphatic rings. The summed E-state index contributed by atoms with van der Waals surface area (Å²) >= 11 is 0. The predicted molar refractivity (Wildman–Crippen MR) is 108 cm³/mol. The standard InChI is InChI=1S/C22H23N3O3/c1-2-3-18-13-28-11-10-25(18)22(27)16-6-4-15(5-7-16)17-8-9-20-19(12-17)21(26)24-14-23-20/h4-9,12,14,18H,2-3,10-11,13H2,1H3,(H,23,24,26)/t18-/m1/s1. The number of rotatable bonds is 4. The van der Waals surface area contributed by atoms with E-state index < -0.39 is 0 Å². The molecule has 1 fully saturated rings. The monoisotopic (exact) mass is 377 g/mol. The number of morpholine rings is 1. The minimum atomic E-state index is -0.159. The molecule has 0 bridgehead atoms. The number of ether oxygens (including phenoxy) is 1. The number of nitrogens with zero attached hydrogens (tertiary/aromatic N) is 2. The van der Waals surface area contributed by atoms with Gasteiger partial charge in [-0.15, -0.1) is 0 Å². The lowest BCUT2D eigenvalue weighted by Crippen LogP contribution is -2.48. The van der Waals surface area contributed by atoms with Gasteiger partial charge in [0.2, 0.25) is 0 Å². The molecule has 0 unspecified atom stereocenters. The normalized spacial score (nSPS) is 17.0. The molecular formula is C22H23N3O3. The van der Waals surface area contributed by atoms with Crippen LogP contribution in [0, 0.1) is 0 Å². The molecule has 6 heteroatoms. The highest BCUT2D eigenvalue weighted by atomic mass is 16.5. The second-order valence-electron chi connectivity index (χ2n) is 7.06. The van der Waals surface area contributed by atoms with Gasteiger partial charge in [-0.25, -0.2) is 4.98 Å². The van der Waals surface area contributed by atoms with Crippen molar-refractivity contribution in [3.63, 3.8) is 0 Å². The first-order valence-electron chi connectivity index (χ1n) is 9.64. The van der Waals surface area contributed by atoms with Crippen molar-refractivity contribution in [3.8, 4) is 11.1 Å². The molecule has 2 heterocycles. The Morgan fingerprint density at radius 1 is 1.21 bits per heavy atom. The Kier molecular flexibility index (Phi) is 5.21. The summed E-state index contributed by atoms with van der Waals surface area (Å²) in [6.45, 7) is 3.95. The van der Waals surface area contributed by atoms with E-state index in [1.165, 1.54) is 6.33 Å². The van der Waals surface area contributed by atoms with E-state index in [1.807, 2.05) is 47.4 Å². The first-order valence-corrected chi connectivity index (χ1v) is 9.64. The van der Waals surface area contributed by atoms with Crippen molar-refractivity contribution >= 4 is 16.8 Å². The average Bonchev–Trinajstić information content (AvgIpc) is 2.74. The molecule has 1 atom stereocenters. The summed E-state index contributed by atoms with van der Waals surface area (Å²) in [6, 6.07) is 13.3. The number of hydrogen-bond donors (Lipinski definition) is 1. The molecule has 3 aromatic rings. The highest BCUT2D eigenvalue weighted by molar-refractivity contribution is 5.95. The lowest BCUT2D eigenvalue weighted by atomic mass is 10.0. The van der Waals surface area contributed by atoms with E-state index in [9.17, 15) is 9.59 Å². The van der Waals surface area contributed by atoms with Gasteiger partial charge in [0.1, 0.15) is 0 Å². The lowest BCUT2D eigenvalue weighted by molar-refractivity contribution is -0.00433. The van der Waals surface area contributed by atoms with Crippen LogP contribution in [0.4, 0.5) is 0 Å². The fraction of sp³-hybridized carbons (Fsp3) is 0.318. The third kappa shape index (κ3) is 3.55. The van der Waals surface area contributed by atoms with E-state index in [2.05, 4.69) is 16.9 Å². The van der Waals surface area contributed by atoms with Gasteiger partial charge in [-0.1, -0.05) is 31.5 Å². The second-order valence-corrected chi connectivity index (χ2v) is 7.06. The largest absolute Gasteiger partial charge is 0.377 e. The number of hydrogen-bond acceptors (Lipinski definition) is 4. The second kappa shape index (κ2) is 7.94. The smallest absolute Gasteiger partial charge is 0.258 e. The van der Waals surface area contributed by atoms with Crippen LogP contribution in [0.15, 0.2) is 53.6 Å². The van der Waals surface area contributed by atoms with Crippen LogP contribution in [0.1, 0.15) is 30.1 Å². The Morgan fingerprint density at radius 3 is 2.79 bits per heavy atom. The van der Waals surface area contributed by atoms with E-state index in [4.69, 9.17) is 4.74 Å². The fourth-order valence-electron chi connectivity index (χ4n) is 3.71. The van der Waals surface area contributed by atoms with Crippen LogP contribution in [0.25, 0.3) is 22.0 Å². The van der Waals surface area contributed by atoms with Crippen molar-refractivity contribution in [2.45, 2.75) is 25.8 Å². The molecule has 1 amide bonds. The molecule has 6 nitrogen and oxygen atoms in total. The maximum absolute atomic E-state index is 13.0. The Labute approximate surface area is 163 Å². The summed E-state index contributed by atoms with van der Waals surface area (Å²) < 4.78 is 5.55. The summed E-state index contributed by atoms with van der Waals surface area (Å²) in [5.41, 5.74) is 3.04. The zero-order chi connectivity index (χ0) is 19.5. The number of amides is 1. The van der Waals surface area contributed by atoms with Crippen LogP contribution in [-0.4, -0.2) is 46.6 Å². The Balaban J connectivity index is 1.59. The Bertz CT molecular complexity index is 1040. The minimum absolute atomic E-state index is 0.0486. The van der Waals surface area contributed by atoms with Crippen LogP contribution in [0.3, 0.4) is 0 Å². The van der Waals surface area contributed by atoms with Crippen LogP contribution < -0.4 is 5.56 Å². The van der Waals surface area contributed by atoms with Crippen molar-refractivity contribution in [1.82, 2.24) is 14.9 Å². The minimum Gasteiger partial charge on any atom is -0.377 e. The molecule has 4 rings (SSSR count). The van der Waals surface area contributed by atoms with Crippen LogP contribution in [-0.2, 0) is 4.74 Å². The molecule has 144 valence electrons. The highest BCUT2D eigenvalue weighted by Crippen LogP contribution is 2.24. The van der Waals surface area contributed by atoms with Gasteiger partial charge in [-0.2, -0.15) is 0 Å². The Hall–Kier alpha value is -2.99. The topological polar surface area (TPSA) is 75.3 Å². The third-order valence-corrected chi connectivity index (χ3v) is 5.22. The van der Waals surface area contributed by atoms with Gasteiger partial charge in [0.25, 0.3) is 11.5 Å². The molecule has 0 saturated carbocycles. The van der Waals surface area contributed by atoms with E-state index in [0.29, 0.717) is 36.2 Å². The first-order chi connectivity index (χ1) is 13.7. The van der Waals surface area contributed by atoms with Crippen LogP contribution in [0.5, 0.6) is 0 Å². The van der Waals surface area contributed by atoms with Crippen molar-refractivity contribution in [2.75, 3.05) is 19.8 Å². The molecule has 0 aliphatic carbocycles. The number of nitrogens with one attached hydrogen (secondary N) is 1. The quantitative estimate of drug-likeness (QED) is 0.757. The summed E-state index contributed by atoms with van der Waals surface area (Å²) in [5.74, 6) is 0.0486. The van der Waals surface area contributed by atoms with Gasteiger partial charge in [0, 0.05) is 12.1 Å². The number of benzene rings is 2. The van der Waals surface area contributed by atoms with Gasteiger partial charge < -0.3 is 14.6 Å². The zero-order valence-electron chi connectivity index (χ0n) is 15.9. The third-order valence-electron chi connectivity index (χ3n) is 5.22. The molecule has 2 aromatic carbocycles. The molecule has 28 heavy (non-hydrogen) atoms. The molecule has 1 N–H and O–H groups in total. The average molecular weight is 377 g/mol. The summed E-state index contributed by atoms with van der Waals surface area (Å²) in [4.78, 5) is 33.7. The van der Waals surface area contributed by atoms with Crippen molar-refractivity contribution < 1.29 is 9.53 Å². The van der Waals surface area contributed by atoms with Gasteiger partial charge in [-0.3, -0.25) is 9.59 Å². The van der Waals surface area contributed by atoms with Crippen LogP contribution >= 0.6 is 0 Å². The summed E-state index contributed by atoms with van der Waals surface area (Å²) in [6.07, 6.45) is 3.37. The summed E-state index contributed by atoms with van der Waals surface area (Å²) in [5, 5.41) is 0.552. The van der Waals surface area contributed by atoms with E-state index in [-0.39, 0.29) is 17.5 Å². The lowest BCUT2D eigenvalue weighted by Gasteiger charge is -2.35. The summed E-state index contributed by atoms with van der Waals surface area (Å²) in [7, 11) is 0. The number of carbonyl (C=O) groups excluding carboxylic acids is 1. The van der Waals surface area contributed by atoms with Gasteiger partial charge in [0.05, 0.1) is 36.5 Å². The number of fused-ring (bicyclic) bond motifs is 1. The zero-order valence-corrected chi connectivity index (χ0v) is 15.9. The van der Waals surface area contributed by atoms with Crippen molar-refractivity contribution in [1.29, 1.82) is 0 Å². The maximum Gasteiger partial charge on any atom is 0.258 e. The van der Waals surface area contributed by atoms with Gasteiger partial charge in [-0.05, 0) is 41.8 Å². The highest BCUT2D eigenvalue weighted by Gasteiger charge is 2.27. The maximum atomic E-state index is 13.0. The first kappa shape index (κ1) is 18.4. The van der Waals surface area contributed by atoms with Crippen LogP contribution in [0.2, 0.25) is 0 Å². The number of H-pyrrole nitrogens is 1. The van der Waals surface area contributed by atoms with E-state index >= 15 is 0 Å². The SMILES string of the molecule is CCC[C@@H]1COCCN1C(=O)c1ccc(-c2ccc3nc[nH]c(=O)c3c2)cc1.